The summed E-state index contributed by atoms with van der Waals surface area (Å²) in [4.78, 5) is 2.76. The highest BCUT2D eigenvalue weighted by Crippen LogP contribution is 2.58. The summed E-state index contributed by atoms with van der Waals surface area (Å²) >= 11 is 1.94. The molecule has 2 aliphatic rings. The number of nitrogens with zero attached hydrogens (tertiary/aromatic N) is 1. The zero-order valence-corrected chi connectivity index (χ0v) is 30.8. The van der Waals surface area contributed by atoms with E-state index in [1.165, 1.54) is 81.1 Å². The van der Waals surface area contributed by atoms with Crippen molar-refractivity contribution in [1.29, 1.82) is 5.26 Å². The monoisotopic (exact) mass is 715 g/mol. The Morgan fingerprint density at radius 3 is 1.49 bits per heavy atom. The van der Waals surface area contributed by atoms with Gasteiger partial charge >= 0.3 is 0 Å². The number of thioether (sulfide) groups is 1. The summed E-state index contributed by atoms with van der Waals surface area (Å²) in [7, 11) is 0. The topological polar surface area (TPSA) is 23.8 Å². The van der Waals surface area contributed by atoms with Crippen molar-refractivity contribution < 1.29 is 0 Å². The van der Waals surface area contributed by atoms with Gasteiger partial charge in [-0.3, -0.25) is 0 Å². The second-order valence-electron chi connectivity index (χ2n) is 14.5. The minimum Gasteiger partial charge on any atom is -0.192 e. The Balaban J connectivity index is 1.08. The highest BCUT2D eigenvalue weighted by molar-refractivity contribution is 8.03. The molecule has 2 heteroatoms. The van der Waals surface area contributed by atoms with E-state index in [2.05, 4.69) is 170 Å². The van der Waals surface area contributed by atoms with E-state index in [0.29, 0.717) is 5.56 Å². The lowest BCUT2D eigenvalue weighted by Gasteiger charge is -2.24. The predicted molar refractivity (Wildman–Crippen MR) is 233 cm³/mol. The van der Waals surface area contributed by atoms with Gasteiger partial charge in [-0.2, -0.15) is 5.26 Å². The van der Waals surface area contributed by atoms with Crippen LogP contribution in [0.1, 0.15) is 29.0 Å². The van der Waals surface area contributed by atoms with E-state index in [0.717, 1.165) is 28.3 Å². The minimum atomic E-state index is 0.283. The summed E-state index contributed by atoms with van der Waals surface area (Å²) in [5.41, 5.74) is 12.0. The lowest BCUT2D eigenvalue weighted by molar-refractivity contribution is 0.853. The van der Waals surface area contributed by atoms with Crippen molar-refractivity contribution in [1.82, 2.24) is 0 Å². The van der Waals surface area contributed by atoms with Crippen LogP contribution in [0.5, 0.6) is 0 Å². The first kappa shape index (κ1) is 31.8. The fourth-order valence-electron chi connectivity index (χ4n) is 9.40. The highest BCUT2D eigenvalue weighted by Gasteiger charge is 2.34. The van der Waals surface area contributed by atoms with Gasteiger partial charge in [0, 0.05) is 16.4 Å². The normalized spacial score (nSPS) is 14.8. The molecule has 1 heterocycles. The maximum atomic E-state index is 10.2. The third-order valence-electron chi connectivity index (χ3n) is 11.7. The van der Waals surface area contributed by atoms with E-state index in [1.54, 1.807) is 0 Å². The van der Waals surface area contributed by atoms with Crippen LogP contribution in [0.2, 0.25) is 0 Å². The zero-order chi connectivity index (χ0) is 36.5. The molecule has 0 bridgehead atoms. The molecule has 1 atom stereocenters. The molecule has 0 radical (unpaired) electrons. The zero-order valence-electron chi connectivity index (χ0n) is 30.0. The van der Waals surface area contributed by atoms with Crippen LogP contribution in [-0.2, 0) is 0 Å². The van der Waals surface area contributed by atoms with Crippen molar-refractivity contribution in [3.63, 3.8) is 0 Å². The first-order valence-corrected chi connectivity index (χ1v) is 19.7. The highest BCUT2D eigenvalue weighted by atomic mass is 32.2. The SMILES string of the molecule is N#Cc1ccccc1-c1c2ccccc2c(-c2cccc3c2SC2=CC=C(c4c5ccccc5c(-c5ccccc5)c5ccccc45)CC23)c2ccccc12. The van der Waals surface area contributed by atoms with Gasteiger partial charge in [-0.25, -0.2) is 0 Å². The number of fused-ring (bicyclic) bond motifs is 7. The number of hydrogen-bond donors (Lipinski definition) is 0. The van der Waals surface area contributed by atoms with Crippen LogP contribution in [0.4, 0.5) is 0 Å². The van der Waals surface area contributed by atoms with Crippen molar-refractivity contribution in [2.45, 2.75) is 17.2 Å². The largest absolute Gasteiger partial charge is 0.192 e. The van der Waals surface area contributed by atoms with E-state index < -0.39 is 0 Å². The Kier molecular flexibility index (Phi) is 7.37. The lowest BCUT2D eigenvalue weighted by Crippen LogP contribution is -2.03. The standard InChI is InChI=1S/C53H33NS/c54-32-35-17-4-5-18-36(35)51-41-23-10-12-25-43(41)52(44-26-13-11-24-42(44)51)46-28-14-27-45-47-31-34(29-30-48(47)55-53(45)46)50-39-21-8-6-19-37(39)49(33-15-2-1-3-16-33)38-20-7-9-22-40(38)50/h1-30,47H,31H2. The fourth-order valence-corrected chi connectivity index (χ4v) is 10.7. The second-order valence-corrected chi connectivity index (χ2v) is 15.6. The maximum Gasteiger partial charge on any atom is 0.0998 e. The van der Waals surface area contributed by atoms with Gasteiger partial charge in [0.1, 0.15) is 0 Å². The Morgan fingerprint density at radius 1 is 0.436 bits per heavy atom. The van der Waals surface area contributed by atoms with E-state index >= 15 is 0 Å². The van der Waals surface area contributed by atoms with Crippen molar-refractivity contribution in [2.75, 3.05) is 0 Å². The molecule has 0 N–H and O–H groups in total. The van der Waals surface area contributed by atoms with Gasteiger partial charge in [-0.05, 0) is 105 Å². The van der Waals surface area contributed by atoms with E-state index in [-0.39, 0.29) is 5.92 Å². The fraction of sp³-hybridized carbons (Fsp3) is 0.0377. The molecule has 55 heavy (non-hydrogen) atoms. The van der Waals surface area contributed by atoms with Gasteiger partial charge in [-0.1, -0.05) is 188 Å². The summed E-state index contributed by atoms with van der Waals surface area (Å²) in [6, 6.07) is 63.7. The minimum absolute atomic E-state index is 0.283. The van der Waals surface area contributed by atoms with Gasteiger partial charge in [0.2, 0.25) is 0 Å². The molecule has 1 nitrogen and oxygen atoms in total. The van der Waals surface area contributed by atoms with Gasteiger partial charge in [0.15, 0.2) is 0 Å². The predicted octanol–water partition coefficient (Wildman–Crippen LogP) is 14.7. The van der Waals surface area contributed by atoms with E-state index in [4.69, 9.17) is 0 Å². The van der Waals surface area contributed by atoms with Crippen LogP contribution >= 0.6 is 11.8 Å². The molecule has 0 saturated heterocycles. The average molecular weight is 716 g/mol. The quantitative estimate of drug-likeness (QED) is 0.169. The number of rotatable bonds is 4. The Labute approximate surface area is 324 Å². The van der Waals surface area contributed by atoms with E-state index in [9.17, 15) is 5.26 Å². The Morgan fingerprint density at radius 2 is 0.909 bits per heavy atom. The van der Waals surface area contributed by atoms with Crippen LogP contribution < -0.4 is 0 Å². The number of hydrogen-bond acceptors (Lipinski definition) is 2. The summed E-state index contributed by atoms with van der Waals surface area (Å²) < 4.78 is 0. The van der Waals surface area contributed by atoms with Gasteiger partial charge in [0.25, 0.3) is 0 Å². The lowest BCUT2D eigenvalue weighted by atomic mass is 9.79. The first-order chi connectivity index (χ1) is 27.3. The maximum absolute atomic E-state index is 10.2. The molecule has 1 aliphatic carbocycles. The number of allylic oxidation sites excluding steroid dienone is 4. The van der Waals surface area contributed by atoms with Crippen molar-refractivity contribution in [2.24, 2.45) is 0 Å². The summed E-state index contributed by atoms with van der Waals surface area (Å²) in [5, 5.41) is 20.1. The van der Waals surface area contributed by atoms with Crippen LogP contribution in [0.25, 0.3) is 82.0 Å². The van der Waals surface area contributed by atoms with Gasteiger partial charge in [-0.15, -0.1) is 0 Å². The third-order valence-corrected chi connectivity index (χ3v) is 13.0. The summed E-state index contributed by atoms with van der Waals surface area (Å²) in [6.45, 7) is 0. The molecule has 11 rings (SSSR count). The molecule has 256 valence electrons. The Hall–Kier alpha value is -6.66. The molecule has 0 aromatic heterocycles. The van der Waals surface area contributed by atoms with Gasteiger partial charge < -0.3 is 0 Å². The summed E-state index contributed by atoms with van der Waals surface area (Å²) in [5.74, 6) is 0.283. The molecular formula is C53H33NS. The molecule has 1 aliphatic heterocycles. The molecule has 9 aromatic carbocycles. The Bertz CT molecular complexity index is 3050. The van der Waals surface area contributed by atoms with Crippen molar-refractivity contribution in [3.8, 4) is 39.4 Å². The van der Waals surface area contributed by atoms with Crippen LogP contribution in [0.15, 0.2) is 192 Å². The molecule has 0 fully saturated rings. The molecule has 9 aromatic rings. The van der Waals surface area contributed by atoms with Crippen LogP contribution in [0, 0.1) is 11.3 Å². The first-order valence-electron chi connectivity index (χ1n) is 18.9. The number of benzene rings is 9. The summed E-state index contributed by atoms with van der Waals surface area (Å²) in [6.07, 6.45) is 5.73. The molecular weight excluding hydrogens is 683 g/mol. The van der Waals surface area contributed by atoms with Gasteiger partial charge in [0.05, 0.1) is 11.6 Å². The van der Waals surface area contributed by atoms with Crippen LogP contribution in [0.3, 0.4) is 0 Å². The average Bonchev–Trinajstić information content (AvgIpc) is 3.63. The van der Waals surface area contributed by atoms with Crippen molar-refractivity contribution in [3.05, 3.63) is 204 Å². The smallest absolute Gasteiger partial charge is 0.0998 e. The van der Waals surface area contributed by atoms with Crippen molar-refractivity contribution >= 4 is 60.4 Å². The molecule has 0 amide bonds. The third kappa shape index (κ3) is 4.87. The van der Waals surface area contributed by atoms with E-state index in [1.807, 2.05) is 30.0 Å². The molecule has 1 unspecified atom stereocenters. The van der Waals surface area contributed by atoms with Crippen LogP contribution in [-0.4, -0.2) is 0 Å². The number of nitriles is 1. The molecule has 0 saturated carbocycles. The molecule has 0 spiro atoms. The second kappa shape index (κ2) is 12.7.